The van der Waals surface area contributed by atoms with Gasteiger partial charge in [-0.25, -0.2) is 9.97 Å². The van der Waals surface area contributed by atoms with Gasteiger partial charge in [0.15, 0.2) is 0 Å². The van der Waals surface area contributed by atoms with Crippen molar-refractivity contribution in [2.24, 2.45) is 0 Å². The zero-order valence-corrected chi connectivity index (χ0v) is 31.8. The molecule has 4 heterocycles. The maximum atomic E-state index is 5.01. The highest BCUT2D eigenvalue weighted by atomic mass is 32.1. The minimum atomic E-state index is -0.441. The monoisotopic (exact) mass is 754 g/mol. The van der Waals surface area contributed by atoms with Gasteiger partial charge >= 0.3 is 0 Å². The van der Waals surface area contributed by atoms with Crippen molar-refractivity contribution in [3.05, 3.63) is 205 Å². The zero-order valence-electron chi connectivity index (χ0n) is 31.0. The van der Waals surface area contributed by atoms with Gasteiger partial charge < -0.3 is 9.13 Å². The Kier molecular flexibility index (Phi) is 5.82. The fraction of sp³-hybridized carbons (Fsp3) is 0.0189. The first kappa shape index (κ1) is 30.8. The molecule has 0 amide bonds. The Labute approximate surface area is 336 Å². The Bertz CT molecular complexity index is 3690. The fourth-order valence-electron chi connectivity index (χ4n) is 11.0. The molecule has 0 aliphatic heterocycles. The van der Waals surface area contributed by atoms with E-state index in [9.17, 15) is 0 Å². The highest BCUT2D eigenvalue weighted by Crippen LogP contribution is 2.63. The lowest BCUT2D eigenvalue weighted by Gasteiger charge is -2.30. The lowest BCUT2D eigenvalue weighted by Crippen LogP contribution is -2.26. The summed E-state index contributed by atoms with van der Waals surface area (Å²) in [4.78, 5) is 9.54. The summed E-state index contributed by atoms with van der Waals surface area (Å²) in [5, 5.41) is 6.11. The van der Waals surface area contributed by atoms with Crippen molar-refractivity contribution in [2.75, 3.05) is 0 Å². The largest absolute Gasteiger partial charge is 0.309 e. The molecule has 2 aliphatic rings. The maximum Gasteiger partial charge on any atom is 0.116 e. The van der Waals surface area contributed by atoms with Crippen LogP contribution in [0.2, 0.25) is 0 Å². The molecular weight excluding hydrogens is 725 g/mol. The molecule has 8 aromatic carbocycles. The standard InChI is InChI=1S/C53H30N4S/c1-2-14-31(15-3-1)56-43-24-12-7-19-37(43)46-48-49-45(29-54-30-55-49)58-52(48)51-47(50(46)56)38-20-8-13-25-44(38)57(51)32-26-27-36-35-18-6-11-23-41(35)53(42(36)28-32)39-21-9-4-16-33(39)34-17-5-10-22-40(34)53/h1-30H. The first-order valence-electron chi connectivity index (χ1n) is 19.8. The third kappa shape index (κ3) is 3.58. The van der Waals surface area contributed by atoms with Crippen LogP contribution in [0.1, 0.15) is 22.3 Å². The molecule has 4 aromatic heterocycles. The van der Waals surface area contributed by atoms with Crippen LogP contribution in [-0.2, 0) is 5.41 Å². The van der Waals surface area contributed by atoms with Gasteiger partial charge in [0.2, 0.25) is 0 Å². The molecule has 0 unspecified atom stereocenters. The van der Waals surface area contributed by atoms with Crippen LogP contribution in [0.4, 0.5) is 0 Å². The molecule has 0 N–H and O–H groups in total. The summed E-state index contributed by atoms with van der Waals surface area (Å²) < 4.78 is 7.34. The van der Waals surface area contributed by atoms with E-state index in [0.717, 1.165) is 21.6 Å². The van der Waals surface area contributed by atoms with E-state index in [1.807, 2.05) is 6.20 Å². The summed E-state index contributed by atoms with van der Waals surface area (Å²) in [6.45, 7) is 0. The molecule has 1 spiro atoms. The van der Waals surface area contributed by atoms with Crippen LogP contribution in [0, 0.1) is 0 Å². The maximum absolute atomic E-state index is 5.01. The Morgan fingerprint density at radius 1 is 0.448 bits per heavy atom. The SMILES string of the molecule is c1ccc(-n2c3ccccc3c3c4c5ncncc5sc4c4c(c5ccccc5n4-c4ccc5c(c4)C4(c6ccccc6-c6ccccc64)c4ccccc4-5)c32)cc1. The van der Waals surface area contributed by atoms with Crippen molar-refractivity contribution >= 4 is 75.3 Å². The van der Waals surface area contributed by atoms with E-state index < -0.39 is 5.41 Å². The molecule has 5 heteroatoms. The van der Waals surface area contributed by atoms with Crippen molar-refractivity contribution < 1.29 is 0 Å². The Morgan fingerprint density at radius 2 is 1.00 bits per heavy atom. The summed E-state index contributed by atoms with van der Waals surface area (Å²) in [5.41, 5.74) is 18.2. The van der Waals surface area contributed by atoms with E-state index in [1.54, 1.807) is 17.7 Å². The van der Waals surface area contributed by atoms with Crippen molar-refractivity contribution in [1.29, 1.82) is 0 Å². The van der Waals surface area contributed by atoms with Gasteiger partial charge in [-0.05, 0) is 80.9 Å². The Morgan fingerprint density at radius 3 is 1.67 bits per heavy atom. The molecule has 0 saturated heterocycles. The van der Waals surface area contributed by atoms with Crippen LogP contribution >= 0.6 is 11.3 Å². The predicted molar refractivity (Wildman–Crippen MR) is 240 cm³/mol. The van der Waals surface area contributed by atoms with Crippen LogP contribution in [0.3, 0.4) is 0 Å². The number of rotatable bonds is 2. The van der Waals surface area contributed by atoms with E-state index in [1.165, 1.54) is 98.2 Å². The van der Waals surface area contributed by atoms with Crippen LogP contribution < -0.4 is 0 Å². The highest BCUT2D eigenvalue weighted by Gasteiger charge is 2.51. The molecule has 12 aromatic rings. The van der Waals surface area contributed by atoms with Gasteiger partial charge in [-0.15, -0.1) is 11.3 Å². The molecule has 0 atom stereocenters. The molecule has 14 rings (SSSR count). The average Bonchev–Trinajstić information content (AvgIpc) is 4.07. The minimum absolute atomic E-state index is 0.441. The quantitative estimate of drug-likeness (QED) is 0.176. The molecule has 4 nitrogen and oxygen atoms in total. The van der Waals surface area contributed by atoms with Crippen LogP contribution in [0.15, 0.2) is 182 Å². The number of nitrogens with zero attached hydrogens (tertiary/aromatic N) is 4. The second kappa shape index (κ2) is 10.9. The van der Waals surface area contributed by atoms with Gasteiger partial charge in [-0.3, -0.25) is 0 Å². The molecule has 0 saturated carbocycles. The number of fused-ring (bicyclic) bond motifs is 22. The molecule has 58 heavy (non-hydrogen) atoms. The summed E-state index contributed by atoms with van der Waals surface area (Å²) >= 11 is 1.80. The van der Waals surface area contributed by atoms with Crippen molar-refractivity contribution in [1.82, 2.24) is 19.1 Å². The number of aromatic nitrogens is 4. The van der Waals surface area contributed by atoms with Gasteiger partial charge in [0.25, 0.3) is 0 Å². The van der Waals surface area contributed by atoms with Crippen molar-refractivity contribution in [2.45, 2.75) is 5.41 Å². The van der Waals surface area contributed by atoms with E-state index in [4.69, 9.17) is 4.98 Å². The molecule has 268 valence electrons. The first-order valence-corrected chi connectivity index (χ1v) is 20.6. The fourth-order valence-corrected chi connectivity index (χ4v) is 12.2. The van der Waals surface area contributed by atoms with Crippen LogP contribution in [0.5, 0.6) is 0 Å². The number of hydrogen-bond acceptors (Lipinski definition) is 3. The minimum Gasteiger partial charge on any atom is -0.309 e. The first-order chi connectivity index (χ1) is 28.8. The summed E-state index contributed by atoms with van der Waals surface area (Å²) in [6.07, 6.45) is 3.69. The molecule has 0 fully saturated rings. The lowest BCUT2D eigenvalue weighted by atomic mass is 9.70. The second-order valence-electron chi connectivity index (χ2n) is 15.6. The lowest BCUT2D eigenvalue weighted by molar-refractivity contribution is 0.792. The highest BCUT2D eigenvalue weighted by molar-refractivity contribution is 7.26. The average molecular weight is 755 g/mol. The van der Waals surface area contributed by atoms with Crippen LogP contribution in [-0.4, -0.2) is 19.1 Å². The number of benzene rings is 8. The summed E-state index contributed by atoms with van der Waals surface area (Å²) in [6, 6.07) is 63.1. The van der Waals surface area contributed by atoms with Crippen molar-refractivity contribution in [3.63, 3.8) is 0 Å². The third-order valence-corrected chi connectivity index (χ3v) is 14.2. The van der Waals surface area contributed by atoms with Crippen molar-refractivity contribution in [3.8, 4) is 33.6 Å². The predicted octanol–water partition coefficient (Wildman–Crippen LogP) is 13.4. The molecular formula is C53H30N4S. The molecule has 0 radical (unpaired) electrons. The topological polar surface area (TPSA) is 35.6 Å². The van der Waals surface area contributed by atoms with E-state index in [-0.39, 0.29) is 0 Å². The van der Waals surface area contributed by atoms with Gasteiger partial charge in [0.1, 0.15) is 6.33 Å². The number of thiophene rings is 1. The van der Waals surface area contributed by atoms with Gasteiger partial charge in [-0.2, -0.15) is 0 Å². The summed E-state index contributed by atoms with van der Waals surface area (Å²) in [7, 11) is 0. The van der Waals surface area contributed by atoms with Gasteiger partial charge in [0, 0.05) is 44.5 Å². The third-order valence-electron chi connectivity index (χ3n) is 13.1. The zero-order chi connectivity index (χ0) is 37.7. The Hall–Kier alpha value is -7.34. The van der Waals surface area contributed by atoms with E-state index in [2.05, 4.69) is 184 Å². The van der Waals surface area contributed by atoms with E-state index in [0.29, 0.717) is 0 Å². The number of hydrogen-bond donors (Lipinski definition) is 0. The van der Waals surface area contributed by atoms with Gasteiger partial charge in [-0.1, -0.05) is 133 Å². The van der Waals surface area contributed by atoms with E-state index >= 15 is 0 Å². The van der Waals surface area contributed by atoms with Gasteiger partial charge in [0.05, 0.1) is 42.4 Å². The molecule has 2 aliphatic carbocycles. The Balaban J connectivity index is 1.19. The smallest absolute Gasteiger partial charge is 0.116 e. The molecule has 0 bridgehead atoms. The van der Waals surface area contributed by atoms with Crippen LogP contribution in [0.25, 0.3) is 97.5 Å². The summed E-state index contributed by atoms with van der Waals surface area (Å²) in [5.74, 6) is 0. The number of para-hydroxylation sites is 3. The normalized spacial score (nSPS) is 13.7. The second-order valence-corrected chi connectivity index (χ2v) is 16.7.